The Hall–Kier alpha value is -3.87. The van der Waals surface area contributed by atoms with Crippen molar-refractivity contribution >= 4 is 0 Å². The first-order valence-electron chi connectivity index (χ1n) is 9.86. The summed E-state index contributed by atoms with van der Waals surface area (Å²) < 4.78 is 9.88. The lowest BCUT2D eigenvalue weighted by molar-refractivity contribution is 0.411. The van der Waals surface area contributed by atoms with Gasteiger partial charge < -0.3 is 19.0 Å². The molecular weight excluding hydrogens is 378 g/mol. The molecule has 1 aliphatic rings. The molecule has 1 aliphatic heterocycles. The number of aryl methyl sites for hydroxylation is 2. The fourth-order valence-electron chi connectivity index (χ4n) is 3.96. The minimum atomic E-state index is -0.188. The van der Waals surface area contributed by atoms with Crippen LogP contribution in [0.1, 0.15) is 29.0 Å². The van der Waals surface area contributed by atoms with Gasteiger partial charge in [-0.05, 0) is 18.1 Å². The van der Waals surface area contributed by atoms with Crippen molar-refractivity contribution in [2.75, 3.05) is 0 Å². The van der Waals surface area contributed by atoms with Crippen LogP contribution in [-0.4, -0.2) is 24.2 Å². The van der Waals surface area contributed by atoms with Crippen LogP contribution in [0, 0.1) is 5.41 Å². The molecule has 5 rings (SSSR count). The maximum absolute atomic E-state index is 9.92. The molecule has 2 N–H and O–H groups in total. The smallest absolute Gasteiger partial charge is 0.228 e. The summed E-state index contributed by atoms with van der Waals surface area (Å²) in [5.74, 6) is 0.936. The van der Waals surface area contributed by atoms with Crippen molar-refractivity contribution in [1.82, 2.24) is 19.1 Å². The van der Waals surface area contributed by atoms with Gasteiger partial charge in [0.1, 0.15) is 23.3 Å². The molecule has 2 aromatic heterocycles. The highest BCUT2D eigenvalue weighted by Gasteiger charge is 2.32. The first kappa shape index (κ1) is 18.2. The zero-order valence-electron chi connectivity index (χ0n) is 16.3. The number of hydrogen-bond donors (Lipinski definition) is 2. The van der Waals surface area contributed by atoms with Gasteiger partial charge in [0.2, 0.25) is 5.88 Å². The number of benzene rings is 2. The quantitative estimate of drug-likeness (QED) is 0.472. The molecule has 0 bridgehead atoms. The summed E-state index contributed by atoms with van der Waals surface area (Å²) in [6, 6.07) is 15.2. The zero-order chi connectivity index (χ0) is 20.5. The summed E-state index contributed by atoms with van der Waals surface area (Å²) in [5.41, 5.74) is 3.10. The number of hydrogen-bond acceptors (Lipinski definition) is 5. The van der Waals surface area contributed by atoms with Gasteiger partial charge in [-0.25, -0.2) is 9.97 Å². The second-order valence-electron chi connectivity index (χ2n) is 7.33. The van der Waals surface area contributed by atoms with Gasteiger partial charge in [0.25, 0.3) is 0 Å². The Morgan fingerprint density at radius 3 is 2.73 bits per heavy atom. The second-order valence-corrected chi connectivity index (χ2v) is 7.33. The van der Waals surface area contributed by atoms with E-state index in [2.05, 4.69) is 9.97 Å². The lowest BCUT2D eigenvalue weighted by atomic mass is 9.84. The maximum Gasteiger partial charge on any atom is 0.228 e. The lowest BCUT2D eigenvalue weighted by Crippen LogP contribution is -2.30. The van der Waals surface area contributed by atoms with Crippen LogP contribution >= 0.6 is 0 Å². The average Bonchev–Trinajstić information content (AvgIpc) is 3.28. The summed E-state index contributed by atoms with van der Waals surface area (Å²) in [7, 11) is 0. The fourth-order valence-corrected chi connectivity index (χ4v) is 3.96. The number of aromatic nitrogens is 4. The van der Waals surface area contributed by atoms with Crippen LogP contribution in [0.4, 0.5) is 0 Å². The van der Waals surface area contributed by atoms with Crippen LogP contribution in [0.2, 0.25) is 0 Å². The van der Waals surface area contributed by atoms with E-state index in [4.69, 9.17) is 10.1 Å². The van der Waals surface area contributed by atoms with Gasteiger partial charge in [0.05, 0.1) is 11.9 Å². The van der Waals surface area contributed by atoms with E-state index in [9.17, 15) is 5.11 Å². The van der Waals surface area contributed by atoms with Crippen molar-refractivity contribution in [2.24, 2.45) is 0 Å². The molecule has 1 atom stereocenters. The Morgan fingerprint density at radius 2 is 1.93 bits per heavy atom. The van der Waals surface area contributed by atoms with Crippen LogP contribution in [0.25, 0.3) is 0 Å². The molecule has 0 saturated carbocycles. The third kappa shape index (κ3) is 3.24. The van der Waals surface area contributed by atoms with E-state index in [1.54, 1.807) is 31.0 Å². The molecule has 2 aromatic carbocycles. The van der Waals surface area contributed by atoms with Gasteiger partial charge in [-0.3, -0.25) is 5.41 Å². The molecule has 0 saturated heterocycles. The van der Waals surface area contributed by atoms with Gasteiger partial charge in [-0.2, -0.15) is 0 Å². The largest absolute Gasteiger partial charge is 0.508 e. The first-order valence-corrected chi connectivity index (χ1v) is 9.86. The molecule has 0 fully saturated rings. The highest BCUT2D eigenvalue weighted by molar-refractivity contribution is 5.57. The van der Waals surface area contributed by atoms with Crippen molar-refractivity contribution in [3.63, 3.8) is 0 Å². The number of rotatable bonds is 5. The molecule has 4 aromatic rings. The Bertz CT molecular complexity index is 1230. The molecule has 0 amide bonds. The number of ether oxygens (including phenoxy) is 1. The van der Waals surface area contributed by atoms with Crippen LogP contribution in [-0.2, 0) is 13.1 Å². The maximum atomic E-state index is 9.92. The zero-order valence-corrected chi connectivity index (χ0v) is 16.3. The van der Waals surface area contributed by atoms with Crippen LogP contribution in [0.15, 0.2) is 73.6 Å². The Labute approximate surface area is 173 Å². The number of phenols is 1. The van der Waals surface area contributed by atoms with Crippen LogP contribution < -0.4 is 10.2 Å². The molecule has 7 nitrogen and oxygen atoms in total. The summed E-state index contributed by atoms with van der Waals surface area (Å²) in [6.45, 7) is 1.49. The normalized spacial score (nSPS) is 14.6. The van der Waals surface area contributed by atoms with E-state index in [1.807, 2.05) is 51.7 Å². The highest BCUT2D eigenvalue weighted by Crippen LogP contribution is 2.45. The Morgan fingerprint density at radius 1 is 1.07 bits per heavy atom. The standard InChI is InChI=1S/C23H21N5O2/c24-22-21-20(16-5-2-1-3-6-16)18-8-7-17(29)13-19(18)30-23(21)26-15-28(22)11-4-10-27-12-9-25-14-27/h1-3,5-9,12-15,20,24,29H,4,10-11H2/t20-/m1/s1. The van der Waals surface area contributed by atoms with Gasteiger partial charge in [-0.1, -0.05) is 36.4 Å². The molecule has 3 heterocycles. The van der Waals surface area contributed by atoms with Gasteiger partial charge in [0.15, 0.2) is 0 Å². The Balaban J connectivity index is 1.55. The van der Waals surface area contributed by atoms with Crippen molar-refractivity contribution < 1.29 is 9.84 Å². The molecule has 0 unspecified atom stereocenters. The number of aromatic hydroxyl groups is 1. The van der Waals surface area contributed by atoms with E-state index in [-0.39, 0.29) is 11.7 Å². The lowest BCUT2D eigenvalue weighted by Gasteiger charge is -2.28. The van der Waals surface area contributed by atoms with E-state index in [1.165, 1.54) is 0 Å². The third-order valence-corrected chi connectivity index (χ3v) is 5.40. The Kier molecular flexibility index (Phi) is 4.55. The van der Waals surface area contributed by atoms with E-state index >= 15 is 0 Å². The summed E-state index contributed by atoms with van der Waals surface area (Å²) in [6.07, 6.45) is 8.01. The highest BCUT2D eigenvalue weighted by atomic mass is 16.5. The minimum Gasteiger partial charge on any atom is -0.508 e. The van der Waals surface area contributed by atoms with Crippen molar-refractivity contribution in [3.8, 4) is 17.4 Å². The number of nitrogens with zero attached hydrogens (tertiary/aromatic N) is 4. The van der Waals surface area contributed by atoms with Crippen molar-refractivity contribution in [2.45, 2.75) is 25.4 Å². The van der Waals surface area contributed by atoms with Gasteiger partial charge in [-0.15, -0.1) is 0 Å². The molecule has 7 heteroatoms. The summed E-state index contributed by atoms with van der Waals surface area (Å²) in [5, 5.41) is 18.8. The number of imidazole rings is 1. The van der Waals surface area contributed by atoms with E-state index in [0.29, 0.717) is 23.7 Å². The predicted octanol–water partition coefficient (Wildman–Crippen LogP) is 3.64. The predicted molar refractivity (Wildman–Crippen MR) is 110 cm³/mol. The molecule has 0 radical (unpaired) electrons. The number of fused-ring (bicyclic) bond motifs is 2. The van der Waals surface area contributed by atoms with Crippen molar-refractivity contribution in [3.05, 3.63) is 95.8 Å². The monoisotopic (exact) mass is 399 g/mol. The van der Waals surface area contributed by atoms with Gasteiger partial charge in [0, 0.05) is 43.0 Å². The van der Waals surface area contributed by atoms with Crippen LogP contribution in [0.3, 0.4) is 0 Å². The fraction of sp³-hybridized carbons (Fsp3) is 0.174. The SMILES string of the molecule is N=c1c2c(ncn1CCCn1ccnc1)Oc1cc(O)ccc1[C@H]2c1ccccc1. The van der Waals surface area contributed by atoms with E-state index < -0.39 is 0 Å². The minimum absolute atomic E-state index is 0.139. The second kappa shape index (κ2) is 7.51. The molecular formula is C23H21N5O2. The average molecular weight is 399 g/mol. The molecule has 150 valence electrons. The van der Waals surface area contributed by atoms with Crippen molar-refractivity contribution in [1.29, 1.82) is 5.41 Å². The first-order chi connectivity index (χ1) is 14.7. The molecule has 30 heavy (non-hydrogen) atoms. The molecule has 0 aliphatic carbocycles. The number of nitrogens with one attached hydrogen (secondary N) is 1. The van der Waals surface area contributed by atoms with Gasteiger partial charge >= 0.3 is 0 Å². The number of phenolic OH excluding ortho intramolecular Hbond substituents is 1. The van der Waals surface area contributed by atoms with E-state index in [0.717, 1.165) is 29.7 Å². The summed E-state index contributed by atoms with van der Waals surface area (Å²) in [4.78, 5) is 8.59. The van der Waals surface area contributed by atoms with Crippen LogP contribution in [0.5, 0.6) is 17.4 Å². The molecule has 0 spiro atoms. The third-order valence-electron chi connectivity index (χ3n) is 5.40. The summed E-state index contributed by atoms with van der Waals surface area (Å²) >= 11 is 0. The topological polar surface area (TPSA) is 89.0 Å².